The number of carbonyl (C=O) groups excluding carboxylic acids is 2. The van der Waals surface area contributed by atoms with Gasteiger partial charge in [0.25, 0.3) is 0 Å². The van der Waals surface area contributed by atoms with Gasteiger partial charge in [-0.25, -0.2) is 0 Å². The third kappa shape index (κ3) is 4.52. The predicted molar refractivity (Wildman–Crippen MR) is 152 cm³/mol. The summed E-state index contributed by atoms with van der Waals surface area (Å²) in [5.41, 5.74) is -2.25. The minimum Gasteiger partial charge on any atom is -0.393 e. The number of rotatable bonds is 3. The van der Waals surface area contributed by atoms with Crippen LogP contribution >= 0.6 is 11.6 Å². The molecule has 0 bridgehead atoms. The van der Waals surface area contributed by atoms with E-state index < -0.39 is 39.8 Å². The summed E-state index contributed by atoms with van der Waals surface area (Å²) in [6.45, 7) is 11.6. The van der Waals surface area contributed by atoms with Crippen molar-refractivity contribution in [2.24, 2.45) is 46.3 Å². The summed E-state index contributed by atoms with van der Waals surface area (Å²) < 4.78 is 0. The lowest BCUT2D eigenvalue weighted by Crippen LogP contribution is -2.69. The Labute approximate surface area is 238 Å². The van der Waals surface area contributed by atoms with Crippen molar-refractivity contribution in [3.8, 4) is 0 Å². The smallest absolute Gasteiger partial charge is 0.190 e. The van der Waals surface area contributed by atoms with Crippen molar-refractivity contribution in [1.29, 1.82) is 0 Å². The molecule has 0 spiro atoms. The standard InChI is InChI=1S/C22H29ClO5.C10H20O/c1-12-8-16-15-5-4-13-9-14(25)6-7-19(13,2)21(15,23)17(26)10-20(16,3)22(12,28)18(27)11-24;1-7(2)9-5-4-8(3)6-10(9)11/h6-7,9,12,15-17,24,26,28H,4-5,8,10-11H2,1-3H3;7-11H,4-6H2,1-3H3/t12-,15-,16-,17-,19-,20-,21-,22-;/m0./s1. The highest BCUT2D eigenvalue weighted by Crippen LogP contribution is 2.71. The Morgan fingerprint density at radius 2 is 1.77 bits per heavy atom. The maximum atomic E-state index is 12.6. The van der Waals surface area contributed by atoms with Crippen LogP contribution in [0.5, 0.6) is 0 Å². The van der Waals surface area contributed by atoms with Crippen molar-refractivity contribution in [3.63, 3.8) is 0 Å². The quantitative estimate of drug-likeness (QED) is 0.372. The Balaban J connectivity index is 0.000000270. The van der Waals surface area contributed by atoms with Crippen molar-refractivity contribution in [1.82, 2.24) is 0 Å². The monoisotopic (exact) mass is 564 g/mol. The van der Waals surface area contributed by atoms with Crippen LogP contribution in [0, 0.1) is 46.3 Å². The maximum Gasteiger partial charge on any atom is 0.190 e. The maximum absolute atomic E-state index is 12.6. The van der Waals surface area contributed by atoms with Gasteiger partial charge in [-0.05, 0) is 86.2 Å². The molecule has 0 aromatic rings. The van der Waals surface area contributed by atoms with Gasteiger partial charge >= 0.3 is 0 Å². The van der Waals surface area contributed by atoms with E-state index in [1.165, 1.54) is 18.9 Å². The summed E-state index contributed by atoms with van der Waals surface area (Å²) >= 11 is 7.30. The number of aliphatic hydroxyl groups is 4. The van der Waals surface area contributed by atoms with Crippen molar-refractivity contribution in [2.45, 2.75) is 109 Å². The molecule has 4 saturated carbocycles. The zero-order valence-electron chi connectivity index (χ0n) is 24.5. The SMILES string of the molecule is CC1CCC(C(C)C)C(O)C1.C[C@H]1C[C@H]2[C@@H]3CCC4=CC(=O)C=C[C@]4(C)[C@@]3(Cl)[C@@H](O)C[C@]2(C)[C@@]1(O)C(=O)CO. The van der Waals surface area contributed by atoms with E-state index in [1.54, 1.807) is 6.08 Å². The molecule has 0 aromatic heterocycles. The van der Waals surface area contributed by atoms with Crippen LogP contribution in [-0.4, -0.2) is 61.3 Å². The Morgan fingerprint density at radius 1 is 1.10 bits per heavy atom. The summed E-state index contributed by atoms with van der Waals surface area (Å²) in [6, 6.07) is 0. The highest BCUT2D eigenvalue weighted by molar-refractivity contribution is 6.26. The van der Waals surface area contributed by atoms with E-state index in [1.807, 2.05) is 26.8 Å². The van der Waals surface area contributed by atoms with Gasteiger partial charge in [-0.15, -0.1) is 11.6 Å². The van der Waals surface area contributed by atoms with Crippen LogP contribution in [0.15, 0.2) is 23.8 Å². The van der Waals surface area contributed by atoms with E-state index in [0.717, 1.165) is 17.9 Å². The normalized spacial score (nSPS) is 48.9. The van der Waals surface area contributed by atoms with E-state index in [0.29, 0.717) is 31.1 Å². The van der Waals surface area contributed by atoms with Gasteiger partial charge in [0.05, 0.1) is 17.1 Å². The molecule has 39 heavy (non-hydrogen) atoms. The van der Waals surface area contributed by atoms with Crippen LogP contribution < -0.4 is 0 Å². The van der Waals surface area contributed by atoms with Gasteiger partial charge in [0.15, 0.2) is 11.6 Å². The number of allylic oxidation sites excluding steroid dienone is 4. The van der Waals surface area contributed by atoms with Crippen molar-refractivity contribution in [2.75, 3.05) is 6.61 Å². The van der Waals surface area contributed by atoms with Crippen LogP contribution in [0.3, 0.4) is 0 Å². The Morgan fingerprint density at radius 3 is 2.36 bits per heavy atom. The first-order valence-electron chi connectivity index (χ1n) is 14.9. The van der Waals surface area contributed by atoms with Gasteiger partial charge in [-0.2, -0.15) is 0 Å². The molecule has 11 atom stereocenters. The fourth-order valence-corrected chi connectivity index (χ4v) is 9.94. The number of aliphatic hydroxyl groups excluding tert-OH is 3. The molecule has 3 unspecified atom stereocenters. The Bertz CT molecular complexity index is 1040. The molecule has 0 amide bonds. The number of fused-ring (bicyclic) bond motifs is 5. The minimum absolute atomic E-state index is 0.0289. The Hall–Kier alpha value is -1.05. The van der Waals surface area contributed by atoms with Gasteiger partial charge in [0.2, 0.25) is 0 Å². The summed E-state index contributed by atoms with van der Waals surface area (Å²) in [6.07, 6.45) is 9.74. The summed E-state index contributed by atoms with van der Waals surface area (Å²) in [4.78, 5) is 23.5. The molecule has 0 aromatic carbocycles. The number of hydrogen-bond acceptors (Lipinski definition) is 6. The molecule has 5 rings (SSSR count). The average molecular weight is 565 g/mol. The third-order valence-electron chi connectivity index (χ3n) is 11.8. The van der Waals surface area contributed by atoms with Crippen molar-refractivity contribution < 1.29 is 30.0 Å². The predicted octanol–water partition coefficient (Wildman–Crippen LogP) is 4.60. The molecule has 220 valence electrons. The lowest BCUT2D eigenvalue weighted by atomic mass is 9.45. The average Bonchev–Trinajstić information content (AvgIpc) is 3.06. The molecule has 0 saturated heterocycles. The zero-order valence-corrected chi connectivity index (χ0v) is 25.2. The molecule has 4 fully saturated rings. The lowest BCUT2D eigenvalue weighted by Gasteiger charge is -2.63. The number of ketones is 2. The molecule has 0 heterocycles. The fourth-order valence-electron chi connectivity index (χ4n) is 9.41. The van der Waals surface area contributed by atoms with Crippen LogP contribution in [0.2, 0.25) is 0 Å². The van der Waals surface area contributed by atoms with Crippen LogP contribution in [-0.2, 0) is 9.59 Å². The number of carbonyl (C=O) groups is 2. The van der Waals surface area contributed by atoms with E-state index in [9.17, 15) is 30.0 Å². The molecule has 6 nitrogen and oxygen atoms in total. The first kappa shape index (κ1) is 30.9. The second-order valence-electron chi connectivity index (χ2n) is 14.1. The molecule has 7 heteroatoms. The van der Waals surface area contributed by atoms with E-state index in [4.69, 9.17) is 11.6 Å². The molecule has 0 aliphatic heterocycles. The number of hydrogen-bond donors (Lipinski definition) is 4. The highest BCUT2D eigenvalue weighted by Gasteiger charge is 2.74. The van der Waals surface area contributed by atoms with E-state index in [-0.39, 0.29) is 36.1 Å². The van der Waals surface area contributed by atoms with Crippen LogP contribution in [0.25, 0.3) is 0 Å². The largest absolute Gasteiger partial charge is 0.393 e. The van der Waals surface area contributed by atoms with Crippen LogP contribution in [0.1, 0.15) is 86.5 Å². The number of Topliss-reactive ketones (excluding diaryl/α,β-unsaturated/α-hetero) is 1. The topological polar surface area (TPSA) is 115 Å². The molecular formula is C32H49ClO6. The van der Waals surface area contributed by atoms with Gasteiger partial charge in [-0.1, -0.05) is 59.6 Å². The van der Waals surface area contributed by atoms with Gasteiger partial charge in [0, 0.05) is 10.8 Å². The van der Waals surface area contributed by atoms with Gasteiger partial charge < -0.3 is 20.4 Å². The first-order valence-corrected chi connectivity index (χ1v) is 15.3. The summed E-state index contributed by atoms with van der Waals surface area (Å²) in [5, 5.41) is 42.0. The molecule has 0 radical (unpaired) electrons. The van der Waals surface area contributed by atoms with Gasteiger partial charge in [0.1, 0.15) is 12.2 Å². The molecule has 5 aliphatic rings. The fraction of sp³-hybridized carbons (Fsp3) is 0.812. The van der Waals surface area contributed by atoms with Gasteiger partial charge in [-0.3, -0.25) is 9.59 Å². The summed E-state index contributed by atoms with van der Waals surface area (Å²) in [5.74, 6) is 0.799. The van der Waals surface area contributed by atoms with Crippen molar-refractivity contribution in [3.05, 3.63) is 23.8 Å². The second-order valence-corrected chi connectivity index (χ2v) is 14.8. The highest BCUT2D eigenvalue weighted by atomic mass is 35.5. The van der Waals surface area contributed by atoms with E-state index in [2.05, 4.69) is 20.8 Å². The third-order valence-corrected chi connectivity index (χ3v) is 12.7. The lowest BCUT2D eigenvalue weighted by molar-refractivity contribution is -0.179. The second kappa shape index (κ2) is 10.7. The molecule has 4 N–H and O–H groups in total. The zero-order chi connectivity index (χ0) is 29.1. The Kier molecular flexibility index (Phi) is 8.44. The number of alkyl halides is 1. The van der Waals surface area contributed by atoms with Crippen molar-refractivity contribution >= 4 is 23.2 Å². The number of halogens is 1. The summed E-state index contributed by atoms with van der Waals surface area (Å²) in [7, 11) is 0. The molecular weight excluding hydrogens is 516 g/mol. The van der Waals surface area contributed by atoms with E-state index >= 15 is 0 Å². The first-order chi connectivity index (χ1) is 18.1. The molecule has 5 aliphatic carbocycles. The van der Waals surface area contributed by atoms with Crippen LogP contribution in [0.4, 0.5) is 0 Å². The minimum atomic E-state index is -1.68.